The number of hydrogen-bond acceptors (Lipinski definition) is 4. The molecule has 1 saturated heterocycles. The summed E-state index contributed by atoms with van der Waals surface area (Å²) in [5, 5.41) is 14.5. The summed E-state index contributed by atoms with van der Waals surface area (Å²) >= 11 is 0. The molecule has 3 rings (SSSR count). The first-order chi connectivity index (χ1) is 14.1. The summed E-state index contributed by atoms with van der Waals surface area (Å²) in [7, 11) is 0. The summed E-state index contributed by atoms with van der Waals surface area (Å²) in [5.41, 5.74) is 2.30. The molecule has 0 saturated carbocycles. The Kier molecular flexibility index (Phi) is 7.22. The first-order valence-corrected chi connectivity index (χ1v) is 10.4. The van der Waals surface area contributed by atoms with Crippen molar-refractivity contribution in [1.82, 2.24) is 5.32 Å². The highest BCUT2D eigenvalue weighted by atomic mass is 16.6. The first kappa shape index (κ1) is 20.8. The maximum Gasteiger partial charge on any atom is 0.293 e. The molecule has 0 spiro atoms. The predicted molar refractivity (Wildman–Crippen MR) is 115 cm³/mol. The molecule has 2 aromatic carbocycles. The van der Waals surface area contributed by atoms with Gasteiger partial charge in [-0.25, -0.2) is 0 Å². The van der Waals surface area contributed by atoms with Gasteiger partial charge in [-0.3, -0.25) is 14.9 Å². The monoisotopic (exact) mass is 395 g/mol. The molecule has 0 atom stereocenters. The fourth-order valence-electron chi connectivity index (χ4n) is 3.88. The van der Waals surface area contributed by atoms with Crippen LogP contribution in [0.15, 0.2) is 48.5 Å². The van der Waals surface area contributed by atoms with Crippen molar-refractivity contribution in [3.63, 3.8) is 0 Å². The topological polar surface area (TPSA) is 75.5 Å². The molecule has 1 fully saturated rings. The van der Waals surface area contributed by atoms with Crippen LogP contribution in [0.3, 0.4) is 0 Å². The van der Waals surface area contributed by atoms with Gasteiger partial charge in [-0.05, 0) is 49.3 Å². The van der Waals surface area contributed by atoms with E-state index in [1.165, 1.54) is 11.6 Å². The lowest BCUT2D eigenvalue weighted by Crippen LogP contribution is -2.34. The number of nitro groups is 1. The van der Waals surface area contributed by atoms with E-state index in [2.05, 4.69) is 41.4 Å². The number of piperidine rings is 1. The molecule has 1 heterocycles. The number of nitrogens with one attached hydrogen (secondary N) is 1. The third-order valence-corrected chi connectivity index (χ3v) is 5.57. The molecular formula is C23H29N3O3. The highest BCUT2D eigenvalue weighted by molar-refractivity contribution is 5.95. The first-order valence-electron chi connectivity index (χ1n) is 10.4. The zero-order chi connectivity index (χ0) is 20.6. The number of nitro benzene ring substituents is 1. The number of unbranched alkanes of at least 4 members (excludes halogenated alkanes) is 1. The SMILES string of the molecule is CCCCNC(=O)c1ccc(N2CCC(Cc3ccccc3)CC2)c([N+](=O)[O-])c1. The highest BCUT2D eigenvalue weighted by Gasteiger charge is 2.26. The van der Waals surface area contributed by atoms with Crippen LogP contribution in [-0.4, -0.2) is 30.5 Å². The van der Waals surface area contributed by atoms with Crippen LogP contribution in [0.25, 0.3) is 0 Å². The summed E-state index contributed by atoms with van der Waals surface area (Å²) < 4.78 is 0. The number of anilines is 1. The fraction of sp³-hybridized carbons (Fsp3) is 0.435. The standard InChI is InChI=1S/C23H29N3O3/c1-2-3-13-24-23(27)20-9-10-21(22(17-20)26(28)29)25-14-11-19(12-15-25)16-18-7-5-4-6-8-18/h4-10,17,19H,2-3,11-16H2,1H3,(H,24,27). The van der Waals surface area contributed by atoms with Gasteiger partial charge in [0.15, 0.2) is 0 Å². The van der Waals surface area contributed by atoms with E-state index >= 15 is 0 Å². The number of nitrogens with zero attached hydrogens (tertiary/aromatic N) is 2. The van der Waals surface area contributed by atoms with Crippen molar-refractivity contribution < 1.29 is 9.72 Å². The van der Waals surface area contributed by atoms with E-state index in [0.29, 0.717) is 23.7 Å². The average molecular weight is 396 g/mol. The van der Waals surface area contributed by atoms with Crippen molar-refractivity contribution >= 4 is 17.3 Å². The summed E-state index contributed by atoms with van der Waals surface area (Å²) in [6, 6.07) is 15.3. The Labute approximate surface area is 172 Å². The number of benzene rings is 2. The Bertz CT molecular complexity index is 831. The van der Waals surface area contributed by atoms with Gasteiger partial charge in [-0.2, -0.15) is 0 Å². The molecule has 0 radical (unpaired) electrons. The molecule has 29 heavy (non-hydrogen) atoms. The Morgan fingerprint density at radius 2 is 1.90 bits per heavy atom. The lowest BCUT2D eigenvalue weighted by Gasteiger charge is -2.33. The van der Waals surface area contributed by atoms with Gasteiger partial charge in [0.25, 0.3) is 11.6 Å². The van der Waals surface area contributed by atoms with Crippen molar-refractivity contribution in [2.45, 2.75) is 39.0 Å². The van der Waals surface area contributed by atoms with E-state index in [0.717, 1.165) is 45.2 Å². The Morgan fingerprint density at radius 1 is 1.17 bits per heavy atom. The number of carbonyl (C=O) groups excluding carboxylic acids is 1. The second-order valence-corrected chi connectivity index (χ2v) is 7.69. The van der Waals surface area contributed by atoms with E-state index in [1.807, 2.05) is 6.07 Å². The normalized spacial score (nSPS) is 14.6. The lowest BCUT2D eigenvalue weighted by atomic mass is 9.90. The minimum absolute atomic E-state index is 0.00894. The zero-order valence-electron chi connectivity index (χ0n) is 17.0. The van der Waals surface area contributed by atoms with E-state index < -0.39 is 0 Å². The van der Waals surface area contributed by atoms with Gasteiger partial charge in [0.1, 0.15) is 5.69 Å². The Hall–Kier alpha value is -2.89. The molecule has 1 amide bonds. The molecular weight excluding hydrogens is 366 g/mol. The van der Waals surface area contributed by atoms with Crippen LogP contribution in [0.2, 0.25) is 0 Å². The van der Waals surface area contributed by atoms with Gasteiger partial charge in [-0.15, -0.1) is 0 Å². The van der Waals surface area contributed by atoms with Crippen molar-refractivity contribution in [2.24, 2.45) is 5.92 Å². The van der Waals surface area contributed by atoms with E-state index in [1.54, 1.807) is 12.1 Å². The van der Waals surface area contributed by atoms with E-state index in [-0.39, 0.29) is 16.5 Å². The van der Waals surface area contributed by atoms with E-state index in [4.69, 9.17) is 0 Å². The second-order valence-electron chi connectivity index (χ2n) is 7.69. The molecule has 1 aliphatic rings. The molecule has 6 nitrogen and oxygen atoms in total. The van der Waals surface area contributed by atoms with Gasteiger partial charge < -0.3 is 10.2 Å². The van der Waals surface area contributed by atoms with Crippen LogP contribution in [-0.2, 0) is 6.42 Å². The average Bonchev–Trinajstić information content (AvgIpc) is 2.75. The molecule has 6 heteroatoms. The lowest BCUT2D eigenvalue weighted by molar-refractivity contribution is -0.384. The van der Waals surface area contributed by atoms with Crippen molar-refractivity contribution in [1.29, 1.82) is 0 Å². The van der Waals surface area contributed by atoms with Gasteiger partial charge in [-0.1, -0.05) is 43.7 Å². The molecule has 2 aromatic rings. The van der Waals surface area contributed by atoms with Crippen LogP contribution in [0.1, 0.15) is 48.5 Å². The quantitative estimate of drug-likeness (QED) is 0.403. The third-order valence-electron chi connectivity index (χ3n) is 5.57. The minimum Gasteiger partial charge on any atom is -0.366 e. The molecule has 0 aliphatic carbocycles. The van der Waals surface area contributed by atoms with Crippen molar-refractivity contribution in [3.05, 3.63) is 69.8 Å². The van der Waals surface area contributed by atoms with Gasteiger partial charge in [0.05, 0.1) is 4.92 Å². The van der Waals surface area contributed by atoms with Crippen LogP contribution >= 0.6 is 0 Å². The van der Waals surface area contributed by atoms with Gasteiger partial charge in [0.2, 0.25) is 0 Å². The molecule has 1 N–H and O–H groups in total. The summed E-state index contributed by atoms with van der Waals surface area (Å²) in [4.78, 5) is 25.6. The second kappa shape index (κ2) is 10.0. The zero-order valence-corrected chi connectivity index (χ0v) is 17.0. The van der Waals surface area contributed by atoms with Crippen LogP contribution in [0.5, 0.6) is 0 Å². The number of hydrogen-bond donors (Lipinski definition) is 1. The highest BCUT2D eigenvalue weighted by Crippen LogP contribution is 2.33. The fourth-order valence-corrected chi connectivity index (χ4v) is 3.88. The van der Waals surface area contributed by atoms with Crippen molar-refractivity contribution in [2.75, 3.05) is 24.5 Å². The molecule has 0 bridgehead atoms. The summed E-state index contributed by atoms with van der Waals surface area (Å²) in [5.74, 6) is 0.339. The third kappa shape index (κ3) is 5.56. The van der Waals surface area contributed by atoms with E-state index in [9.17, 15) is 14.9 Å². The minimum atomic E-state index is -0.381. The Morgan fingerprint density at radius 3 is 2.55 bits per heavy atom. The van der Waals surface area contributed by atoms with Crippen LogP contribution < -0.4 is 10.2 Å². The van der Waals surface area contributed by atoms with Gasteiger partial charge in [0, 0.05) is 31.3 Å². The molecule has 0 aromatic heterocycles. The number of amides is 1. The van der Waals surface area contributed by atoms with Crippen molar-refractivity contribution in [3.8, 4) is 0 Å². The molecule has 0 unspecified atom stereocenters. The smallest absolute Gasteiger partial charge is 0.293 e. The summed E-state index contributed by atoms with van der Waals surface area (Å²) in [6.45, 7) is 4.22. The van der Waals surface area contributed by atoms with Crippen LogP contribution in [0, 0.1) is 16.0 Å². The Balaban J connectivity index is 1.65. The largest absolute Gasteiger partial charge is 0.366 e. The maximum absolute atomic E-state index is 12.3. The van der Waals surface area contributed by atoms with Crippen LogP contribution in [0.4, 0.5) is 11.4 Å². The predicted octanol–water partition coefficient (Wildman–Crippen LogP) is 4.58. The van der Waals surface area contributed by atoms with Gasteiger partial charge >= 0.3 is 0 Å². The summed E-state index contributed by atoms with van der Waals surface area (Å²) in [6.07, 6.45) is 4.94. The molecule has 1 aliphatic heterocycles. The number of rotatable bonds is 8. The maximum atomic E-state index is 12.3. The number of carbonyl (C=O) groups is 1. The molecule has 154 valence electrons.